The van der Waals surface area contributed by atoms with Crippen molar-refractivity contribution in [3.8, 4) is 11.5 Å². The molecule has 0 spiro atoms. The highest BCUT2D eigenvalue weighted by molar-refractivity contribution is 7.92. The van der Waals surface area contributed by atoms with E-state index in [1.165, 1.54) is 4.90 Å². The first-order valence-electron chi connectivity index (χ1n) is 13.6. The summed E-state index contributed by atoms with van der Waals surface area (Å²) < 4.78 is 37.8. The maximum absolute atomic E-state index is 13.7. The Labute approximate surface area is 243 Å². The van der Waals surface area contributed by atoms with Crippen LogP contribution in [0.25, 0.3) is 0 Å². The number of ether oxygens (including phenoxy) is 2. The van der Waals surface area contributed by atoms with E-state index >= 15 is 0 Å². The van der Waals surface area contributed by atoms with E-state index in [1.54, 1.807) is 56.5 Å². The van der Waals surface area contributed by atoms with Gasteiger partial charge in [0, 0.05) is 13.1 Å². The molecule has 10 heteroatoms. The molecule has 1 N–H and O–H groups in total. The second-order valence-electron chi connectivity index (χ2n) is 9.73. The number of carbonyl (C=O) groups is 2. The Hall–Kier alpha value is -4.05. The van der Waals surface area contributed by atoms with Crippen LogP contribution < -0.4 is 19.1 Å². The lowest BCUT2D eigenvalue weighted by atomic mass is 10.1. The lowest BCUT2D eigenvalue weighted by Crippen LogP contribution is -2.51. The Balaban J connectivity index is 1.81. The number of methoxy groups -OCH3 is 1. The van der Waals surface area contributed by atoms with E-state index in [2.05, 4.69) is 5.32 Å². The van der Waals surface area contributed by atoms with E-state index in [1.807, 2.05) is 43.3 Å². The number of nitrogens with one attached hydrogen (secondary N) is 1. The van der Waals surface area contributed by atoms with Gasteiger partial charge in [-0.1, -0.05) is 55.8 Å². The minimum atomic E-state index is -3.84. The molecule has 3 aromatic rings. The van der Waals surface area contributed by atoms with Gasteiger partial charge in [-0.25, -0.2) is 8.42 Å². The topological polar surface area (TPSA) is 105 Å². The van der Waals surface area contributed by atoms with Crippen LogP contribution in [0.5, 0.6) is 11.5 Å². The highest BCUT2D eigenvalue weighted by Crippen LogP contribution is 2.23. The van der Waals surface area contributed by atoms with Crippen molar-refractivity contribution < 1.29 is 27.5 Å². The molecule has 41 heavy (non-hydrogen) atoms. The van der Waals surface area contributed by atoms with Crippen molar-refractivity contribution in [1.82, 2.24) is 10.2 Å². The zero-order valence-corrected chi connectivity index (χ0v) is 24.9. The molecular formula is C31H39N3O6S. The number of anilines is 1. The zero-order chi connectivity index (χ0) is 29.8. The number of unbranched alkanes of at least 4 members (excludes halogenated alkanes) is 1. The molecule has 9 nitrogen and oxygen atoms in total. The summed E-state index contributed by atoms with van der Waals surface area (Å²) in [6.45, 7) is 4.15. The Morgan fingerprint density at radius 3 is 2.24 bits per heavy atom. The summed E-state index contributed by atoms with van der Waals surface area (Å²) in [5.41, 5.74) is 2.06. The maximum Gasteiger partial charge on any atom is 0.244 e. The van der Waals surface area contributed by atoms with Gasteiger partial charge < -0.3 is 19.7 Å². The van der Waals surface area contributed by atoms with Gasteiger partial charge in [-0.3, -0.25) is 13.9 Å². The number of carbonyl (C=O) groups excluding carboxylic acids is 2. The largest absolute Gasteiger partial charge is 0.497 e. The molecule has 2 amide bonds. The third-order valence-corrected chi connectivity index (χ3v) is 7.68. The van der Waals surface area contributed by atoms with Gasteiger partial charge in [0.2, 0.25) is 21.8 Å². The van der Waals surface area contributed by atoms with Crippen LogP contribution in [0.2, 0.25) is 0 Å². The SMILES string of the molecule is CCCCNC(=O)C(C)N(Cc1cccc(OC)c1)C(=O)CN(c1ccc(OCc2ccccc2)cc1)S(C)(=O)=O. The average molecular weight is 582 g/mol. The van der Waals surface area contributed by atoms with Crippen molar-refractivity contribution in [1.29, 1.82) is 0 Å². The summed E-state index contributed by atoms with van der Waals surface area (Å²) in [7, 11) is -2.29. The standard InChI is InChI=1S/C31H39N3O6S/c1-5-6-19-32-31(36)24(2)33(21-26-13-10-14-29(20-26)39-3)30(35)22-34(41(4,37)38)27-15-17-28(18-16-27)40-23-25-11-8-7-9-12-25/h7-18,20,24H,5-6,19,21-23H2,1-4H3,(H,32,36). The van der Waals surface area contributed by atoms with Gasteiger partial charge in [-0.05, 0) is 60.9 Å². The van der Waals surface area contributed by atoms with Crippen molar-refractivity contribution in [2.45, 2.75) is 45.9 Å². The van der Waals surface area contributed by atoms with Gasteiger partial charge >= 0.3 is 0 Å². The number of hydrogen-bond donors (Lipinski definition) is 1. The van der Waals surface area contributed by atoms with E-state index in [0.29, 0.717) is 30.3 Å². The van der Waals surface area contributed by atoms with Gasteiger partial charge in [0.15, 0.2) is 0 Å². The molecular weight excluding hydrogens is 542 g/mol. The smallest absolute Gasteiger partial charge is 0.244 e. The number of rotatable bonds is 15. The Morgan fingerprint density at radius 2 is 1.61 bits per heavy atom. The average Bonchev–Trinajstić information content (AvgIpc) is 2.97. The lowest BCUT2D eigenvalue weighted by molar-refractivity contribution is -0.139. The summed E-state index contributed by atoms with van der Waals surface area (Å²) in [5.74, 6) is 0.359. The predicted octanol–water partition coefficient (Wildman–Crippen LogP) is 4.37. The second-order valence-corrected chi connectivity index (χ2v) is 11.6. The van der Waals surface area contributed by atoms with E-state index < -0.39 is 28.5 Å². The van der Waals surface area contributed by atoms with Crippen LogP contribution >= 0.6 is 0 Å². The van der Waals surface area contributed by atoms with Gasteiger partial charge in [-0.2, -0.15) is 0 Å². The van der Waals surface area contributed by atoms with Crippen molar-refractivity contribution in [3.63, 3.8) is 0 Å². The van der Waals surface area contributed by atoms with Crippen LogP contribution in [0, 0.1) is 0 Å². The Bertz CT molecular complexity index is 1380. The molecule has 220 valence electrons. The molecule has 1 atom stereocenters. The van der Waals surface area contributed by atoms with Crippen molar-refractivity contribution in [2.75, 3.05) is 30.8 Å². The number of benzene rings is 3. The zero-order valence-electron chi connectivity index (χ0n) is 24.1. The number of amides is 2. The molecule has 3 aromatic carbocycles. The Morgan fingerprint density at radius 1 is 0.927 bits per heavy atom. The van der Waals surface area contributed by atoms with E-state index in [4.69, 9.17) is 9.47 Å². The number of nitrogens with zero attached hydrogens (tertiary/aromatic N) is 2. The predicted molar refractivity (Wildman–Crippen MR) is 160 cm³/mol. The fraction of sp³-hybridized carbons (Fsp3) is 0.355. The monoisotopic (exact) mass is 581 g/mol. The van der Waals surface area contributed by atoms with E-state index in [9.17, 15) is 18.0 Å². The minimum absolute atomic E-state index is 0.0995. The first-order chi connectivity index (χ1) is 19.6. The molecule has 1 unspecified atom stereocenters. The third kappa shape index (κ3) is 9.53. The minimum Gasteiger partial charge on any atom is -0.497 e. The molecule has 0 radical (unpaired) electrons. The van der Waals surface area contributed by atoms with Gasteiger partial charge in [-0.15, -0.1) is 0 Å². The van der Waals surface area contributed by atoms with Gasteiger partial charge in [0.05, 0.1) is 19.1 Å². The second kappa shape index (κ2) is 15.1. The van der Waals surface area contributed by atoms with Crippen molar-refractivity contribution >= 4 is 27.5 Å². The van der Waals surface area contributed by atoms with Crippen LogP contribution in [-0.4, -0.2) is 57.6 Å². The lowest BCUT2D eigenvalue weighted by Gasteiger charge is -2.31. The molecule has 0 aliphatic heterocycles. The summed E-state index contributed by atoms with van der Waals surface area (Å²) >= 11 is 0. The normalized spacial score (nSPS) is 11.8. The van der Waals surface area contributed by atoms with Crippen LogP contribution in [0.3, 0.4) is 0 Å². The maximum atomic E-state index is 13.7. The van der Waals surface area contributed by atoms with Gasteiger partial charge in [0.1, 0.15) is 30.7 Å². The summed E-state index contributed by atoms with van der Waals surface area (Å²) in [5, 5.41) is 2.87. The van der Waals surface area contributed by atoms with Crippen LogP contribution in [0.4, 0.5) is 5.69 Å². The van der Waals surface area contributed by atoms with E-state index in [-0.39, 0.29) is 12.5 Å². The fourth-order valence-electron chi connectivity index (χ4n) is 4.15. The van der Waals surface area contributed by atoms with Crippen LogP contribution in [0.1, 0.15) is 37.8 Å². The fourth-order valence-corrected chi connectivity index (χ4v) is 5.00. The Kier molecular flexibility index (Phi) is 11.6. The van der Waals surface area contributed by atoms with Crippen LogP contribution in [0.15, 0.2) is 78.9 Å². The molecule has 0 aromatic heterocycles. The first kappa shape index (κ1) is 31.5. The van der Waals surface area contributed by atoms with Gasteiger partial charge in [0.25, 0.3) is 0 Å². The summed E-state index contributed by atoms with van der Waals surface area (Å²) in [4.78, 5) is 28.1. The third-order valence-electron chi connectivity index (χ3n) is 6.54. The molecule has 0 bridgehead atoms. The molecule has 0 fully saturated rings. The summed E-state index contributed by atoms with van der Waals surface area (Å²) in [6.07, 6.45) is 2.78. The molecule has 0 aliphatic rings. The summed E-state index contributed by atoms with van der Waals surface area (Å²) in [6, 6.07) is 22.6. The molecule has 3 rings (SSSR count). The molecule has 0 aliphatic carbocycles. The van der Waals surface area contributed by atoms with Crippen LogP contribution in [-0.2, 0) is 32.8 Å². The molecule has 0 saturated heterocycles. The number of hydrogen-bond acceptors (Lipinski definition) is 6. The highest BCUT2D eigenvalue weighted by atomic mass is 32.2. The van der Waals surface area contributed by atoms with E-state index in [0.717, 1.165) is 34.5 Å². The highest BCUT2D eigenvalue weighted by Gasteiger charge is 2.30. The number of sulfonamides is 1. The molecule has 0 saturated carbocycles. The van der Waals surface area contributed by atoms with Crippen molar-refractivity contribution in [3.05, 3.63) is 90.0 Å². The molecule has 0 heterocycles. The first-order valence-corrected chi connectivity index (χ1v) is 15.4. The van der Waals surface area contributed by atoms with Crippen molar-refractivity contribution in [2.24, 2.45) is 0 Å². The quantitative estimate of drug-likeness (QED) is 0.267.